The molecule has 1 rings (SSSR count). The van der Waals surface area contributed by atoms with Gasteiger partial charge in [-0.2, -0.15) is 0 Å². The van der Waals surface area contributed by atoms with Gasteiger partial charge in [-0.15, -0.1) is 5.16 Å². The SMILES string of the molecule is COc1ccc(C/C=N\O)c(O)c1. The Morgan fingerprint density at radius 3 is 2.85 bits per heavy atom. The van der Waals surface area contributed by atoms with Crippen molar-refractivity contribution in [3.05, 3.63) is 23.8 Å². The van der Waals surface area contributed by atoms with Crippen LogP contribution in [0, 0.1) is 0 Å². The van der Waals surface area contributed by atoms with Gasteiger partial charge >= 0.3 is 0 Å². The zero-order chi connectivity index (χ0) is 9.68. The van der Waals surface area contributed by atoms with Crippen LogP contribution in [0.1, 0.15) is 5.56 Å². The number of nitrogens with zero attached hydrogens (tertiary/aromatic N) is 1. The molecule has 0 saturated heterocycles. The summed E-state index contributed by atoms with van der Waals surface area (Å²) in [6, 6.07) is 4.97. The van der Waals surface area contributed by atoms with E-state index in [1.54, 1.807) is 12.1 Å². The van der Waals surface area contributed by atoms with E-state index < -0.39 is 0 Å². The molecule has 0 bridgehead atoms. The maximum Gasteiger partial charge on any atom is 0.122 e. The summed E-state index contributed by atoms with van der Waals surface area (Å²) in [5.41, 5.74) is 0.693. The molecule has 0 saturated carbocycles. The van der Waals surface area contributed by atoms with Gasteiger partial charge in [0.25, 0.3) is 0 Å². The predicted octanol–water partition coefficient (Wildman–Crippen LogP) is 1.40. The molecule has 2 N–H and O–H groups in total. The van der Waals surface area contributed by atoms with Crippen LogP contribution in [0.3, 0.4) is 0 Å². The molecule has 0 aliphatic rings. The van der Waals surface area contributed by atoms with Crippen molar-refractivity contribution in [2.45, 2.75) is 6.42 Å². The summed E-state index contributed by atoms with van der Waals surface area (Å²) in [4.78, 5) is 0. The topological polar surface area (TPSA) is 62.0 Å². The van der Waals surface area contributed by atoms with Gasteiger partial charge in [0.15, 0.2) is 0 Å². The Morgan fingerprint density at radius 2 is 2.31 bits per heavy atom. The molecule has 0 atom stereocenters. The van der Waals surface area contributed by atoms with E-state index in [1.807, 2.05) is 0 Å². The predicted molar refractivity (Wildman–Crippen MR) is 48.6 cm³/mol. The van der Waals surface area contributed by atoms with Gasteiger partial charge < -0.3 is 15.1 Å². The lowest BCUT2D eigenvalue weighted by Gasteiger charge is -2.03. The maximum atomic E-state index is 9.43. The van der Waals surface area contributed by atoms with Crippen LogP contribution in [0.2, 0.25) is 0 Å². The molecule has 0 aliphatic heterocycles. The van der Waals surface area contributed by atoms with Gasteiger partial charge in [-0.25, -0.2) is 0 Å². The molecule has 0 radical (unpaired) electrons. The number of hydrogen-bond donors (Lipinski definition) is 2. The summed E-state index contributed by atoms with van der Waals surface area (Å²) in [5.74, 6) is 0.737. The van der Waals surface area contributed by atoms with Crippen LogP contribution in [-0.4, -0.2) is 23.6 Å². The van der Waals surface area contributed by atoms with E-state index >= 15 is 0 Å². The van der Waals surface area contributed by atoms with Crippen LogP contribution in [0.5, 0.6) is 11.5 Å². The fourth-order valence-corrected chi connectivity index (χ4v) is 0.982. The van der Waals surface area contributed by atoms with E-state index in [1.165, 1.54) is 19.4 Å². The number of rotatable bonds is 3. The lowest BCUT2D eigenvalue weighted by Crippen LogP contribution is -1.89. The van der Waals surface area contributed by atoms with Crippen molar-refractivity contribution in [2.75, 3.05) is 7.11 Å². The van der Waals surface area contributed by atoms with E-state index in [2.05, 4.69) is 5.16 Å². The van der Waals surface area contributed by atoms with E-state index in [0.29, 0.717) is 17.7 Å². The maximum absolute atomic E-state index is 9.43. The van der Waals surface area contributed by atoms with Crippen LogP contribution < -0.4 is 4.74 Å². The van der Waals surface area contributed by atoms with E-state index in [4.69, 9.17) is 9.94 Å². The molecule has 0 fully saturated rings. The third-order valence-electron chi connectivity index (χ3n) is 1.69. The Morgan fingerprint density at radius 1 is 1.54 bits per heavy atom. The summed E-state index contributed by atoms with van der Waals surface area (Å²) in [6.45, 7) is 0. The minimum atomic E-state index is 0.138. The Bertz CT molecular complexity index is 310. The van der Waals surface area contributed by atoms with Crippen molar-refractivity contribution in [1.29, 1.82) is 0 Å². The molecule has 70 valence electrons. The van der Waals surface area contributed by atoms with Crippen molar-refractivity contribution in [2.24, 2.45) is 5.16 Å². The highest BCUT2D eigenvalue weighted by atomic mass is 16.5. The van der Waals surface area contributed by atoms with E-state index in [-0.39, 0.29) is 5.75 Å². The standard InChI is InChI=1S/C9H11NO3/c1-13-8-3-2-7(4-5-10-12)9(11)6-8/h2-3,5-6,11-12H,4H2,1H3/b10-5-. The normalized spacial score (nSPS) is 10.5. The van der Waals surface area contributed by atoms with Gasteiger partial charge in [0, 0.05) is 18.7 Å². The summed E-state index contributed by atoms with van der Waals surface area (Å²) in [5, 5.41) is 20.5. The molecule has 1 aromatic carbocycles. The lowest BCUT2D eigenvalue weighted by molar-refractivity contribution is 0.320. The molecular formula is C9H11NO3. The fraction of sp³-hybridized carbons (Fsp3) is 0.222. The second-order valence-electron chi connectivity index (χ2n) is 2.50. The molecule has 4 heteroatoms. The molecule has 0 aromatic heterocycles. The van der Waals surface area contributed by atoms with Crippen LogP contribution in [0.25, 0.3) is 0 Å². The summed E-state index contributed by atoms with van der Waals surface area (Å²) < 4.78 is 4.91. The Hall–Kier alpha value is -1.71. The van der Waals surface area contributed by atoms with Crippen LogP contribution >= 0.6 is 0 Å². The summed E-state index contributed by atoms with van der Waals surface area (Å²) in [7, 11) is 1.53. The third-order valence-corrected chi connectivity index (χ3v) is 1.69. The Balaban J connectivity index is 2.85. The van der Waals surface area contributed by atoms with Crippen molar-refractivity contribution >= 4 is 6.21 Å². The molecular weight excluding hydrogens is 170 g/mol. The van der Waals surface area contributed by atoms with Crippen LogP contribution in [0.15, 0.2) is 23.4 Å². The summed E-state index contributed by atoms with van der Waals surface area (Å²) in [6.07, 6.45) is 1.70. The van der Waals surface area contributed by atoms with Crippen molar-refractivity contribution < 1.29 is 15.1 Å². The minimum Gasteiger partial charge on any atom is -0.508 e. The summed E-state index contributed by atoms with van der Waals surface area (Å²) >= 11 is 0. The monoisotopic (exact) mass is 181 g/mol. The Kier molecular flexibility index (Phi) is 3.14. The molecule has 0 aliphatic carbocycles. The van der Waals surface area contributed by atoms with Gasteiger partial charge in [0.1, 0.15) is 11.5 Å². The number of hydrogen-bond acceptors (Lipinski definition) is 4. The Labute approximate surface area is 76.1 Å². The van der Waals surface area contributed by atoms with Crippen molar-refractivity contribution in [3.63, 3.8) is 0 Å². The number of phenols is 1. The highest BCUT2D eigenvalue weighted by molar-refractivity contribution is 5.62. The number of phenolic OH excluding ortho intramolecular Hbond substituents is 1. The number of methoxy groups -OCH3 is 1. The van der Waals surface area contributed by atoms with E-state index in [9.17, 15) is 5.11 Å². The van der Waals surface area contributed by atoms with Gasteiger partial charge in [-0.05, 0) is 11.6 Å². The van der Waals surface area contributed by atoms with Gasteiger partial charge in [-0.1, -0.05) is 6.07 Å². The number of ether oxygens (including phenoxy) is 1. The number of benzene rings is 1. The minimum absolute atomic E-state index is 0.138. The van der Waals surface area contributed by atoms with Crippen LogP contribution in [-0.2, 0) is 6.42 Å². The van der Waals surface area contributed by atoms with Gasteiger partial charge in [-0.3, -0.25) is 0 Å². The fourth-order valence-electron chi connectivity index (χ4n) is 0.982. The first kappa shape index (κ1) is 9.38. The first-order valence-electron chi connectivity index (χ1n) is 3.79. The zero-order valence-electron chi connectivity index (χ0n) is 7.27. The largest absolute Gasteiger partial charge is 0.508 e. The molecule has 0 unspecified atom stereocenters. The third kappa shape index (κ3) is 2.37. The number of oxime groups is 1. The van der Waals surface area contributed by atoms with Crippen molar-refractivity contribution in [3.8, 4) is 11.5 Å². The van der Waals surface area contributed by atoms with Crippen molar-refractivity contribution in [1.82, 2.24) is 0 Å². The van der Waals surface area contributed by atoms with Crippen LogP contribution in [0.4, 0.5) is 0 Å². The highest BCUT2D eigenvalue weighted by Gasteiger charge is 2.00. The average Bonchev–Trinajstić information content (AvgIpc) is 2.16. The first-order valence-corrected chi connectivity index (χ1v) is 3.79. The highest BCUT2D eigenvalue weighted by Crippen LogP contribution is 2.23. The quantitative estimate of drug-likeness (QED) is 0.421. The molecule has 0 amide bonds. The lowest BCUT2D eigenvalue weighted by atomic mass is 10.1. The second-order valence-corrected chi connectivity index (χ2v) is 2.50. The smallest absolute Gasteiger partial charge is 0.122 e. The molecule has 0 spiro atoms. The average molecular weight is 181 g/mol. The molecule has 13 heavy (non-hydrogen) atoms. The molecule has 0 heterocycles. The second kappa shape index (κ2) is 4.35. The van der Waals surface area contributed by atoms with E-state index in [0.717, 1.165) is 0 Å². The molecule has 4 nitrogen and oxygen atoms in total. The molecule has 1 aromatic rings. The number of aromatic hydroxyl groups is 1. The van der Waals surface area contributed by atoms with Gasteiger partial charge in [0.2, 0.25) is 0 Å². The zero-order valence-corrected chi connectivity index (χ0v) is 7.27. The van der Waals surface area contributed by atoms with Gasteiger partial charge in [0.05, 0.1) is 7.11 Å². The first-order chi connectivity index (χ1) is 6.27.